The summed E-state index contributed by atoms with van der Waals surface area (Å²) in [6.45, 7) is 10.1. The Hall–Kier alpha value is -2.84. The summed E-state index contributed by atoms with van der Waals surface area (Å²) in [7, 11) is 0. The van der Waals surface area contributed by atoms with E-state index in [4.69, 9.17) is 9.47 Å². The van der Waals surface area contributed by atoms with Gasteiger partial charge in [0.1, 0.15) is 5.60 Å². The molecule has 0 unspecified atom stereocenters. The molecule has 1 aliphatic heterocycles. The Morgan fingerprint density at radius 3 is 2.45 bits per heavy atom. The number of fused-ring (bicyclic) bond motifs is 1. The number of hydrogen-bond acceptors (Lipinski definition) is 6. The number of carbonyl (C=O) groups excluding carboxylic acids is 1. The molecule has 0 saturated carbocycles. The van der Waals surface area contributed by atoms with Crippen molar-refractivity contribution >= 4 is 17.3 Å². The number of rotatable bonds is 3. The maximum Gasteiger partial charge on any atom is 0.410 e. The average molecular weight is 404 g/mol. The van der Waals surface area contributed by atoms with Crippen LogP contribution < -0.4 is 15.9 Å². The lowest BCUT2D eigenvalue weighted by Gasteiger charge is -2.34. The number of aromatic nitrogens is 3. The number of piperidine rings is 1. The molecule has 1 amide bonds. The summed E-state index contributed by atoms with van der Waals surface area (Å²) < 4.78 is 12.5. The smallest absolute Gasteiger partial charge is 0.410 e. The average Bonchev–Trinajstić information content (AvgIpc) is 2.61. The first kappa shape index (κ1) is 20.9. The summed E-state index contributed by atoms with van der Waals surface area (Å²) in [5.41, 5.74) is -1.05. The van der Waals surface area contributed by atoms with Gasteiger partial charge in [-0.05, 0) is 53.5 Å². The Morgan fingerprint density at radius 2 is 1.86 bits per heavy atom. The third kappa shape index (κ3) is 4.78. The highest BCUT2D eigenvalue weighted by Crippen LogP contribution is 2.25. The molecular formula is C20H28N4O5. The normalized spacial score (nSPS) is 15.7. The molecule has 2 aromatic heterocycles. The summed E-state index contributed by atoms with van der Waals surface area (Å²) in [6.07, 6.45) is 0.605. The molecule has 0 aromatic carbocycles. The van der Waals surface area contributed by atoms with Crippen LogP contribution in [0.25, 0.3) is 11.2 Å². The van der Waals surface area contributed by atoms with Crippen molar-refractivity contribution in [1.82, 2.24) is 19.4 Å². The molecule has 1 aliphatic rings. The maximum absolute atomic E-state index is 12.7. The number of H-pyrrole nitrogens is 1. The van der Waals surface area contributed by atoms with E-state index in [1.807, 2.05) is 34.6 Å². The summed E-state index contributed by atoms with van der Waals surface area (Å²) in [4.78, 5) is 45.8. The quantitative estimate of drug-likeness (QED) is 0.788. The number of carbonyl (C=O) groups is 1. The Labute approximate surface area is 168 Å². The Bertz CT molecular complexity index is 1010. The second-order valence-corrected chi connectivity index (χ2v) is 8.52. The molecule has 29 heavy (non-hydrogen) atoms. The molecule has 0 bridgehead atoms. The lowest BCUT2D eigenvalue weighted by atomic mass is 10.0. The molecule has 0 radical (unpaired) electrons. The first-order valence-electron chi connectivity index (χ1n) is 9.85. The number of hydrogen-bond donors (Lipinski definition) is 1. The molecule has 158 valence electrons. The molecule has 9 heteroatoms. The lowest BCUT2D eigenvalue weighted by molar-refractivity contribution is 0.0188. The van der Waals surface area contributed by atoms with Crippen LogP contribution in [0.4, 0.5) is 4.79 Å². The van der Waals surface area contributed by atoms with Crippen molar-refractivity contribution < 1.29 is 14.3 Å². The van der Waals surface area contributed by atoms with Crippen molar-refractivity contribution in [2.24, 2.45) is 0 Å². The Balaban J connectivity index is 1.89. The van der Waals surface area contributed by atoms with Crippen LogP contribution in [0.3, 0.4) is 0 Å². The minimum Gasteiger partial charge on any atom is -0.475 e. The zero-order valence-electron chi connectivity index (χ0n) is 17.5. The van der Waals surface area contributed by atoms with Gasteiger partial charge in [0, 0.05) is 25.2 Å². The number of pyridine rings is 1. The Morgan fingerprint density at radius 1 is 1.21 bits per heavy atom. The highest BCUT2D eigenvalue weighted by molar-refractivity contribution is 5.71. The second kappa shape index (κ2) is 7.88. The van der Waals surface area contributed by atoms with Crippen LogP contribution in [0.2, 0.25) is 0 Å². The monoisotopic (exact) mass is 404 g/mol. The van der Waals surface area contributed by atoms with Crippen molar-refractivity contribution in [2.75, 3.05) is 13.1 Å². The topological polar surface area (TPSA) is 107 Å². The molecule has 3 rings (SSSR count). The van der Waals surface area contributed by atoms with Crippen molar-refractivity contribution in [2.45, 2.75) is 65.2 Å². The fourth-order valence-electron chi connectivity index (χ4n) is 3.37. The number of nitrogens with one attached hydrogen (secondary N) is 1. The SMILES string of the molecule is CC(C)Oc1ccc2[nH]c(=O)c(=O)n(C3CCN(C(=O)OC(C)(C)C)CC3)c2n1. The summed E-state index contributed by atoms with van der Waals surface area (Å²) in [5.74, 6) is 0.388. The molecule has 1 N–H and O–H groups in total. The summed E-state index contributed by atoms with van der Waals surface area (Å²) >= 11 is 0. The highest BCUT2D eigenvalue weighted by Gasteiger charge is 2.29. The van der Waals surface area contributed by atoms with Crippen LogP contribution in [0.1, 0.15) is 53.5 Å². The number of amides is 1. The second-order valence-electron chi connectivity index (χ2n) is 8.52. The predicted octanol–water partition coefficient (Wildman–Crippen LogP) is 2.44. The van der Waals surface area contributed by atoms with Gasteiger partial charge in [-0.1, -0.05) is 0 Å². The van der Waals surface area contributed by atoms with E-state index in [-0.39, 0.29) is 18.2 Å². The zero-order valence-corrected chi connectivity index (χ0v) is 17.5. The van der Waals surface area contributed by atoms with Gasteiger partial charge < -0.3 is 19.4 Å². The third-order valence-electron chi connectivity index (χ3n) is 4.58. The van der Waals surface area contributed by atoms with Gasteiger partial charge >= 0.3 is 17.2 Å². The van der Waals surface area contributed by atoms with E-state index in [9.17, 15) is 14.4 Å². The van der Waals surface area contributed by atoms with Crippen molar-refractivity contribution in [1.29, 1.82) is 0 Å². The van der Waals surface area contributed by atoms with E-state index >= 15 is 0 Å². The van der Waals surface area contributed by atoms with Gasteiger partial charge in [0.15, 0.2) is 5.65 Å². The molecule has 2 aromatic rings. The highest BCUT2D eigenvalue weighted by atomic mass is 16.6. The van der Waals surface area contributed by atoms with Gasteiger partial charge in [-0.25, -0.2) is 4.79 Å². The minimum atomic E-state index is -0.689. The van der Waals surface area contributed by atoms with Crippen molar-refractivity contribution in [3.8, 4) is 5.88 Å². The Kier molecular flexibility index (Phi) is 5.68. The van der Waals surface area contributed by atoms with Gasteiger partial charge in [0.05, 0.1) is 11.6 Å². The van der Waals surface area contributed by atoms with E-state index in [2.05, 4.69) is 9.97 Å². The van der Waals surface area contributed by atoms with Crippen LogP contribution in [-0.2, 0) is 4.74 Å². The molecule has 9 nitrogen and oxygen atoms in total. The minimum absolute atomic E-state index is 0.0695. The molecule has 1 fully saturated rings. The number of ether oxygens (including phenoxy) is 2. The first-order chi connectivity index (χ1) is 13.5. The molecule has 3 heterocycles. The number of nitrogens with zero attached hydrogens (tertiary/aromatic N) is 3. The van der Waals surface area contributed by atoms with Crippen LogP contribution >= 0.6 is 0 Å². The van der Waals surface area contributed by atoms with Gasteiger partial charge in [-0.15, -0.1) is 0 Å². The van der Waals surface area contributed by atoms with E-state index in [0.29, 0.717) is 43.0 Å². The van der Waals surface area contributed by atoms with Crippen LogP contribution in [0.15, 0.2) is 21.7 Å². The van der Waals surface area contributed by atoms with Crippen LogP contribution in [0.5, 0.6) is 5.88 Å². The largest absolute Gasteiger partial charge is 0.475 e. The van der Waals surface area contributed by atoms with E-state index in [1.54, 1.807) is 17.0 Å². The van der Waals surface area contributed by atoms with E-state index in [1.165, 1.54) is 4.57 Å². The molecule has 1 saturated heterocycles. The van der Waals surface area contributed by atoms with E-state index < -0.39 is 16.7 Å². The van der Waals surface area contributed by atoms with Gasteiger partial charge in [0.2, 0.25) is 5.88 Å². The first-order valence-corrected chi connectivity index (χ1v) is 9.85. The molecule has 0 atom stereocenters. The van der Waals surface area contributed by atoms with Crippen LogP contribution in [-0.4, -0.2) is 50.3 Å². The van der Waals surface area contributed by atoms with Gasteiger partial charge in [-0.2, -0.15) is 4.98 Å². The van der Waals surface area contributed by atoms with Crippen molar-refractivity contribution in [3.63, 3.8) is 0 Å². The van der Waals surface area contributed by atoms with Crippen molar-refractivity contribution in [3.05, 3.63) is 32.8 Å². The lowest BCUT2D eigenvalue weighted by Crippen LogP contribution is -2.45. The predicted molar refractivity (Wildman–Crippen MR) is 108 cm³/mol. The fraction of sp³-hybridized carbons (Fsp3) is 0.600. The standard InChI is InChI=1S/C20H28N4O5/c1-12(2)28-15-7-6-14-16(22-15)24(18(26)17(25)21-14)13-8-10-23(11-9-13)19(27)29-20(3,4)5/h6-7,12-13H,8-11H2,1-5H3,(H,21,25). The number of likely N-dealkylation sites (tertiary alicyclic amines) is 1. The molecule has 0 aliphatic carbocycles. The molecular weight excluding hydrogens is 376 g/mol. The maximum atomic E-state index is 12.7. The van der Waals surface area contributed by atoms with Crippen LogP contribution in [0, 0.1) is 0 Å². The summed E-state index contributed by atoms with van der Waals surface area (Å²) in [5, 5.41) is 0. The summed E-state index contributed by atoms with van der Waals surface area (Å²) in [6, 6.07) is 3.11. The zero-order chi connectivity index (χ0) is 21.3. The number of aromatic amines is 1. The third-order valence-corrected chi connectivity index (χ3v) is 4.58. The van der Waals surface area contributed by atoms with Gasteiger partial charge in [0.25, 0.3) is 0 Å². The fourth-order valence-corrected chi connectivity index (χ4v) is 3.37. The van der Waals surface area contributed by atoms with E-state index in [0.717, 1.165) is 0 Å². The molecule has 0 spiro atoms. The van der Waals surface area contributed by atoms with Gasteiger partial charge in [-0.3, -0.25) is 14.2 Å².